The molecule has 0 saturated carbocycles. The first-order valence-electron chi connectivity index (χ1n) is 7.92. The minimum absolute atomic E-state index is 0.0290. The zero-order valence-corrected chi connectivity index (χ0v) is 15.6. The number of anilines is 1. The Morgan fingerprint density at radius 3 is 2.48 bits per heavy atom. The Morgan fingerprint density at radius 2 is 1.84 bits per heavy atom. The van der Waals surface area contributed by atoms with Crippen molar-refractivity contribution < 1.29 is 14.3 Å². The van der Waals surface area contributed by atoms with E-state index in [1.807, 2.05) is 43.1 Å². The highest BCUT2D eigenvalue weighted by atomic mass is 35.5. The van der Waals surface area contributed by atoms with Crippen molar-refractivity contribution in [2.75, 3.05) is 33.1 Å². The first-order valence-corrected chi connectivity index (χ1v) is 8.30. The fraction of sp³-hybridized carbons (Fsp3) is 0.316. The van der Waals surface area contributed by atoms with Gasteiger partial charge in [-0.15, -0.1) is 0 Å². The number of rotatable bonds is 7. The van der Waals surface area contributed by atoms with Gasteiger partial charge in [-0.3, -0.25) is 9.69 Å². The molecule has 2 aromatic rings. The van der Waals surface area contributed by atoms with E-state index in [0.717, 1.165) is 11.3 Å². The topological polar surface area (TPSA) is 50.8 Å². The van der Waals surface area contributed by atoms with E-state index < -0.39 is 0 Å². The van der Waals surface area contributed by atoms with Gasteiger partial charge in [-0.1, -0.05) is 29.8 Å². The predicted molar refractivity (Wildman–Crippen MR) is 101 cm³/mol. The molecule has 1 atom stereocenters. The smallest absolute Gasteiger partial charge is 0.238 e. The number of para-hydroxylation sites is 1. The van der Waals surface area contributed by atoms with Crippen LogP contribution >= 0.6 is 11.6 Å². The second-order valence-electron chi connectivity index (χ2n) is 5.73. The zero-order chi connectivity index (χ0) is 18.4. The first-order chi connectivity index (χ1) is 12.0. The highest BCUT2D eigenvalue weighted by Crippen LogP contribution is 2.29. The summed E-state index contributed by atoms with van der Waals surface area (Å²) in [6.45, 7) is 2.28. The molecule has 6 heteroatoms. The molecule has 0 aliphatic carbocycles. The lowest BCUT2D eigenvalue weighted by molar-refractivity contribution is -0.117. The Morgan fingerprint density at radius 1 is 1.16 bits per heavy atom. The van der Waals surface area contributed by atoms with E-state index in [2.05, 4.69) is 5.32 Å². The Hall–Kier alpha value is -2.24. The Bertz CT molecular complexity index is 736. The third-order valence-corrected chi connectivity index (χ3v) is 4.37. The number of likely N-dealkylation sites (N-methyl/N-ethyl adjacent to an activating group) is 1. The Balaban J connectivity index is 2.01. The van der Waals surface area contributed by atoms with E-state index in [0.29, 0.717) is 16.5 Å². The van der Waals surface area contributed by atoms with Crippen molar-refractivity contribution >= 4 is 23.2 Å². The largest absolute Gasteiger partial charge is 0.496 e. The summed E-state index contributed by atoms with van der Waals surface area (Å²) >= 11 is 6.08. The molecule has 0 heterocycles. The number of hydrogen-bond acceptors (Lipinski definition) is 4. The Kier molecular flexibility index (Phi) is 6.67. The molecule has 0 aromatic heterocycles. The minimum atomic E-state index is -0.120. The van der Waals surface area contributed by atoms with Crippen LogP contribution in [0.2, 0.25) is 5.02 Å². The molecule has 0 radical (unpaired) electrons. The van der Waals surface area contributed by atoms with Gasteiger partial charge in [0.1, 0.15) is 11.5 Å². The molecule has 0 saturated heterocycles. The summed E-state index contributed by atoms with van der Waals surface area (Å²) in [6.07, 6.45) is 0. The van der Waals surface area contributed by atoms with Crippen LogP contribution in [-0.2, 0) is 4.79 Å². The van der Waals surface area contributed by atoms with Crippen LogP contribution in [0.5, 0.6) is 11.5 Å². The van der Waals surface area contributed by atoms with Gasteiger partial charge in [-0.2, -0.15) is 0 Å². The molecule has 0 fully saturated rings. The van der Waals surface area contributed by atoms with E-state index in [9.17, 15) is 4.79 Å². The number of nitrogens with one attached hydrogen (secondary N) is 1. The molecule has 0 aliphatic rings. The number of benzene rings is 2. The number of methoxy groups -OCH3 is 2. The van der Waals surface area contributed by atoms with Crippen LogP contribution in [-0.4, -0.2) is 38.6 Å². The van der Waals surface area contributed by atoms with Gasteiger partial charge in [0.25, 0.3) is 0 Å². The standard InChI is InChI=1S/C19H23ClN2O3/c1-13(15-7-5-6-8-17(15)24-3)22(2)12-19(23)21-14-9-10-18(25-4)16(20)11-14/h5-11,13H,12H2,1-4H3,(H,21,23). The second-order valence-corrected chi connectivity index (χ2v) is 6.14. The number of halogens is 1. The maximum Gasteiger partial charge on any atom is 0.238 e. The summed E-state index contributed by atoms with van der Waals surface area (Å²) in [5, 5.41) is 3.30. The van der Waals surface area contributed by atoms with E-state index in [-0.39, 0.29) is 18.5 Å². The lowest BCUT2D eigenvalue weighted by atomic mass is 10.1. The molecule has 134 valence electrons. The molecule has 0 spiro atoms. The molecule has 2 aromatic carbocycles. The van der Waals surface area contributed by atoms with Gasteiger partial charge in [-0.05, 0) is 38.2 Å². The van der Waals surface area contributed by atoms with Crippen LogP contribution in [0.3, 0.4) is 0 Å². The highest BCUT2D eigenvalue weighted by Gasteiger charge is 2.18. The summed E-state index contributed by atoms with van der Waals surface area (Å²) in [5.74, 6) is 1.26. The molecule has 1 unspecified atom stereocenters. The van der Waals surface area contributed by atoms with Gasteiger partial charge >= 0.3 is 0 Å². The normalized spacial score (nSPS) is 11.9. The SMILES string of the molecule is COc1ccc(NC(=O)CN(C)C(C)c2ccccc2OC)cc1Cl. The number of carbonyl (C=O) groups is 1. The molecule has 1 amide bonds. The Labute approximate surface area is 153 Å². The summed E-state index contributed by atoms with van der Waals surface area (Å²) in [6, 6.07) is 13.0. The van der Waals surface area contributed by atoms with Crippen LogP contribution < -0.4 is 14.8 Å². The quantitative estimate of drug-likeness (QED) is 0.809. The summed E-state index contributed by atoms with van der Waals surface area (Å²) < 4.78 is 10.5. The highest BCUT2D eigenvalue weighted by molar-refractivity contribution is 6.32. The number of carbonyl (C=O) groups excluding carboxylic acids is 1. The average Bonchev–Trinajstić information content (AvgIpc) is 2.61. The third-order valence-electron chi connectivity index (χ3n) is 4.08. The minimum Gasteiger partial charge on any atom is -0.496 e. The summed E-state index contributed by atoms with van der Waals surface area (Å²) in [7, 11) is 5.09. The molecule has 0 aliphatic heterocycles. The van der Waals surface area contributed by atoms with Crippen molar-refractivity contribution in [1.82, 2.24) is 4.90 Å². The lowest BCUT2D eigenvalue weighted by Gasteiger charge is -2.25. The fourth-order valence-electron chi connectivity index (χ4n) is 2.56. The summed E-state index contributed by atoms with van der Waals surface area (Å²) in [5.41, 5.74) is 1.67. The lowest BCUT2D eigenvalue weighted by Crippen LogP contribution is -2.32. The van der Waals surface area contributed by atoms with Crippen LogP contribution in [0, 0.1) is 0 Å². The van der Waals surface area contributed by atoms with Crippen LogP contribution in [0.1, 0.15) is 18.5 Å². The van der Waals surface area contributed by atoms with Crippen molar-refractivity contribution in [1.29, 1.82) is 0 Å². The maximum absolute atomic E-state index is 12.3. The molecular weight excluding hydrogens is 340 g/mol. The van der Waals surface area contributed by atoms with Crippen LogP contribution in [0.4, 0.5) is 5.69 Å². The second kappa shape index (κ2) is 8.74. The molecule has 2 rings (SSSR count). The van der Waals surface area contributed by atoms with E-state index in [1.54, 1.807) is 32.4 Å². The number of hydrogen-bond donors (Lipinski definition) is 1. The van der Waals surface area contributed by atoms with Gasteiger partial charge in [0.15, 0.2) is 0 Å². The van der Waals surface area contributed by atoms with E-state index in [1.165, 1.54) is 0 Å². The van der Waals surface area contributed by atoms with Crippen molar-refractivity contribution in [3.63, 3.8) is 0 Å². The van der Waals surface area contributed by atoms with Gasteiger partial charge in [0.05, 0.1) is 25.8 Å². The molecule has 25 heavy (non-hydrogen) atoms. The maximum atomic E-state index is 12.3. The number of nitrogens with zero attached hydrogens (tertiary/aromatic N) is 1. The first kappa shape index (κ1) is 19.1. The van der Waals surface area contributed by atoms with Gasteiger partial charge in [-0.25, -0.2) is 0 Å². The van der Waals surface area contributed by atoms with E-state index in [4.69, 9.17) is 21.1 Å². The number of amides is 1. The van der Waals surface area contributed by atoms with Gasteiger partial charge in [0, 0.05) is 17.3 Å². The van der Waals surface area contributed by atoms with Crippen molar-refractivity contribution in [3.8, 4) is 11.5 Å². The van der Waals surface area contributed by atoms with Gasteiger partial charge < -0.3 is 14.8 Å². The third kappa shape index (κ3) is 4.87. The van der Waals surface area contributed by atoms with Crippen molar-refractivity contribution in [2.45, 2.75) is 13.0 Å². The van der Waals surface area contributed by atoms with Gasteiger partial charge in [0.2, 0.25) is 5.91 Å². The predicted octanol–water partition coefficient (Wildman–Crippen LogP) is 3.99. The van der Waals surface area contributed by atoms with Crippen LogP contribution in [0.25, 0.3) is 0 Å². The number of ether oxygens (including phenoxy) is 2. The van der Waals surface area contributed by atoms with E-state index >= 15 is 0 Å². The summed E-state index contributed by atoms with van der Waals surface area (Å²) in [4.78, 5) is 14.3. The molecule has 0 bridgehead atoms. The monoisotopic (exact) mass is 362 g/mol. The average molecular weight is 363 g/mol. The zero-order valence-electron chi connectivity index (χ0n) is 14.9. The molecule has 5 nitrogen and oxygen atoms in total. The van der Waals surface area contributed by atoms with Crippen LogP contribution in [0.15, 0.2) is 42.5 Å². The molecule has 1 N–H and O–H groups in total. The van der Waals surface area contributed by atoms with Crippen molar-refractivity contribution in [2.24, 2.45) is 0 Å². The molecular formula is C19H23ClN2O3. The van der Waals surface area contributed by atoms with Crippen molar-refractivity contribution in [3.05, 3.63) is 53.1 Å². The fourth-order valence-corrected chi connectivity index (χ4v) is 2.81.